The molecule has 0 bridgehead atoms. The normalized spacial score (nSPS) is 17.4. The van der Waals surface area contributed by atoms with Crippen LogP contribution in [0, 0.1) is 11.3 Å². The van der Waals surface area contributed by atoms with Crippen molar-refractivity contribution < 1.29 is 8.42 Å². The van der Waals surface area contributed by atoms with E-state index in [9.17, 15) is 8.42 Å². The molecule has 6 nitrogen and oxygen atoms in total. The van der Waals surface area contributed by atoms with Crippen LogP contribution in [0.1, 0.15) is 31.2 Å². The average molecular weight is 280 g/mol. The number of nitriles is 1. The Morgan fingerprint density at radius 3 is 2.42 bits per heavy atom. The molecule has 1 aliphatic heterocycles. The molecule has 0 unspecified atom stereocenters. The molecule has 0 saturated carbocycles. The van der Waals surface area contributed by atoms with Crippen LogP contribution < -0.4 is 4.72 Å². The van der Waals surface area contributed by atoms with Crippen LogP contribution in [0.3, 0.4) is 0 Å². The number of hydrogen-bond acceptors (Lipinski definition) is 4. The van der Waals surface area contributed by atoms with E-state index in [4.69, 9.17) is 5.26 Å². The minimum Gasteiger partial charge on any atom is -0.254 e. The summed E-state index contributed by atoms with van der Waals surface area (Å²) in [6.45, 7) is 1.09. The van der Waals surface area contributed by atoms with Crippen molar-refractivity contribution in [2.24, 2.45) is 0 Å². The lowest BCUT2D eigenvalue weighted by atomic mass is 10.2. The number of pyridine rings is 1. The molecule has 1 fully saturated rings. The molecule has 1 aliphatic rings. The third-order valence-electron chi connectivity index (χ3n) is 3.03. The minimum absolute atomic E-state index is 0.239. The Bertz CT molecular complexity index is 554. The van der Waals surface area contributed by atoms with Crippen LogP contribution in [0.2, 0.25) is 0 Å². The summed E-state index contributed by atoms with van der Waals surface area (Å²) >= 11 is 0. The maximum absolute atomic E-state index is 12.2. The highest BCUT2D eigenvalue weighted by Crippen LogP contribution is 2.15. The van der Waals surface area contributed by atoms with E-state index in [1.807, 2.05) is 6.07 Å². The van der Waals surface area contributed by atoms with E-state index in [1.165, 1.54) is 22.6 Å². The molecule has 1 aromatic heterocycles. The van der Waals surface area contributed by atoms with Crippen LogP contribution in [0.15, 0.2) is 18.3 Å². The monoisotopic (exact) mass is 280 g/mol. The molecule has 2 rings (SSSR count). The van der Waals surface area contributed by atoms with Gasteiger partial charge in [-0.3, -0.25) is 4.72 Å². The number of rotatable bonds is 3. The maximum atomic E-state index is 12.2. The molecule has 1 saturated heterocycles. The van der Waals surface area contributed by atoms with Crippen LogP contribution in [-0.4, -0.2) is 30.8 Å². The number of anilines is 1. The molecule has 0 aromatic carbocycles. The summed E-state index contributed by atoms with van der Waals surface area (Å²) in [6.07, 6.45) is 5.27. The van der Waals surface area contributed by atoms with E-state index in [1.54, 1.807) is 0 Å². The van der Waals surface area contributed by atoms with Gasteiger partial charge in [0.2, 0.25) is 0 Å². The van der Waals surface area contributed by atoms with Crippen molar-refractivity contribution in [1.82, 2.24) is 9.29 Å². The molecular formula is C12H16N4O2S. The Morgan fingerprint density at radius 1 is 1.21 bits per heavy atom. The van der Waals surface area contributed by atoms with Gasteiger partial charge in [-0.05, 0) is 25.0 Å². The topological polar surface area (TPSA) is 86.1 Å². The first kappa shape index (κ1) is 13.8. The number of hydrogen-bond donors (Lipinski definition) is 1. The van der Waals surface area contributed by atoms with E-state index < -0.39 is 10.2 Å². The quantitative estimate of drug-likeness (QED) is 0.908. The Kier molecular flexibility index (Phi) is 4.35. The zero-order valence-corrected chi connectivity index (χ0v) is 11.4. The molecule has 1 N–H and O–H groups in total. The second kappa shape index (κ2) is 5.99. The molecule has 1 aromatic rings. The van der Waals surface area contributed by atoms with Gasteiger partial charge in [0.05, 0.1) is 5.56 Å². The smallest absolute Gasteiger partial charge is 0.254 e. The van der Waals surface area contributed by atoms with Crippen molar-refractivity contribution in [3.63, 3.8) is 0 Å². The van der Waals surface area contributed by atoms with E-state index in [-0.39, 0.29) is 5.82 Å². The highest BCUT2D eigenvalue weighted by molar-refractivity contribution is 7.90. The molecule has 2 heterocycles. The van der Waals surface area contributed by atoms with Gasteiger partial charge >= 0.3 is 10.2 Å². The van der Waals surface area contributed by atoms with E-state index >= 15 is 0 Å². The molecule has 7 heteroatoms. The second-order valence-electron chi connectivity index (χ2n) is 4.46. The number of aromatic nitrogens is 1. The van der Waals surface area contributed by atoms with Crippen molar-refractivity contribution in [3.05, 3.63) is 23.9 Å². The Morgan fingerprint density at radius 2 is 1.89 bits per heavy atom. The first-order valence-corrected chi connectivity index (χ1v) is 7.70. The van der Waals surface area contributed by atoms with Gasteiger partial charge in [0.25, 0.3) is 0 Å². The van der Waals surface area contributed by atoms with Gasteiger partial charge in [-0.1, -0.05) is 12.8 Å². The lowest BCUT2D eigenvalue weighted by Gasteiger charge is -2.20. The standard InChI is InChI=1S/C12H16N4O2S/c13-9-11-5-6-12(14-10-11)15-19(17,18)16-7-3-1-2-4-8-16/h5-6,10H,1-4,7-8H2,(H,14,15). The summed E-state index contributed by atoms with van der Waals surface area (Å²) in [5.41, 5.74) is 0.401. The SMILES string of the molecule is N#Cc1ccc(NS(=O)(=O)N2CCCCCC2)nc1. The van der Waals surface area contributed by atoms with Crippen molar-refractivity contribution >= 4 is 16.0 Å². The van der Waals surface area contributed by atoms with Gasteiger partial charge in [0.15, 0.2) is 0 Å². The molecule has 0 aliphatic carbocycles. The van der Waals surface area contributed by atoms with Crippen LogP contribution >= 0.6 is 0 Å². The minimum atomic E-state index is -3.54. The summed E-state index contributed by atoms with van der Waals surface area (Å²) in [6, 6.07) is 4.97. The van der Waals surface area contributed by atoms with Crippen LogP contribution in [0.5, 0.6) is 0 Å². The second-order valence-corrected chi connectivity index (χ2v) is 6.13. The van der Waals surface area contributed by atoms with Crippen molar-refractivity contribution in [3.8, 4) is 6.07 Å². The van der Waals surface area contributed by atoms with Gasteiger partial charge in [0.1, 0.15) is 11.9 Å². The largest absolute Gasteiger partial charge is 0.302 e. The van der Waals surface area contributed by atoms with Crippen molar-refractivity contribution in [2.45, 2.75) is 25.7 Å². The summed E-state index contributed by atoms with van der Waals surface area (Å²) in [4.78, 5) is 3.91. The fraction of sp³-hybridized carbons (Fsp3) is 0.500. The van der Waals surface area contributed by atoms with Gasteiger partial charge in [-0.2, -0.15) is 18.0 Å². The fourth-order valence-electron chi connectivity index (χ4n) is 2.00. The average Bonchev–Trinajstić information content (AvgIpc) is 2.68. The first-order valence-electron chi connectivity index (χ1n) is 6.26. The zero-order valence-electron chi connectivity index (χ0n) is 10.5. The summed E-state index contributed by atoms with van der Waals surface area (Å²) in [5.74, 6) is 0.239. The molecule has 0 spiro atoms. The molecule has 19 heavy (non-hydrogen) atoms. The molecule has 0 radical (unpaired) electrons. The Balaban J connectivity index is 2.09. The predicted octanol–water partition coefficient (Wildman–Crippen LogP) is 1.49. The molecular weight excluding hydrogens is 264 g/mol. The lowest BCUT2D eigenvalue weighted by molar-refractivity contribution is 0.427. The zero-order chi connectivity index (χ0) is 13.7. The molecule has 0 amide bonds. The highest BCUT2D eigenvalue weighted by Gasteiger charge is 2.23. The van der Waals surface area contributed by atoms with Gasteiger partial charge in [-0.25, -0.2) is 4.98 Å². The van der Waals surface area contributed by atoms with E-state index in [0.717, 1.165) is 25.7 Å². The number of nitrogens with zero attached hydrogens (tertiary/aromatic N) is 3. The third-order valence-corrected chi connectivity index (χ3v) is 4.54. The van der Waals surface area contributed by atoms with E-state index in [0.29, 0.717) is 18.7 Å². The summed E-state index contributed by atoms with van der Waals surface area (Å²) in [7, 11) is -3.54. The molecule has 102 valence electrons. The van der Waals surface area contributed by atoms with Crippen LogP contribution in [0.4, 0.5) is 5.82 Å². The lowest BCUT2D eigenvalue weighted by Crippen LogP contribution is -2.36. The highest BCUT2D eigenvalue weighted by atomic mass is 32.2. The third kappa shape index (κ3) is 3.66. The van der Waals surface area contributed by atoms with E-state index in [2.05, 4.69) is 9.71 Å². The van der Waals surface area contributed by atoms with Crippen LogP contribution in [-0.2, 0) is 10.2 Å². The molecule has 0 atom stereocenters. The predicted molar refractivity (Wildman–Crippen MR) is 71.5 cm³/mol. The van der Waals surface area contributed by atoms with Crippen molar-refractivity contribution in [2.75, 3.05) is 17.8 Å². The summed E-state index contributed by atoms with van der Waals surface area (Å²) < 4.78 is 28.2. The fourth-order valence-corrected chi connectivity index (χ4v) is 3.25. The number of nitrogens with one attached hydrogen (secondary N) is 1. The Hall–Kier alpha value is -1.65. The van der Waals surface area contributed by atoms with Crippen molar-refractivity contribution in [1.29, 1.82) is 5.26 Å². The first-order chi connectivity index (χ1) is 9.12. The van der Waals surface area contributed by atoms with Gasteiger partial charge in [0, 0.05) is 19.3 Å². The maximum Gasteiger partial charge on any atom is 0.302 e. The summed E-state index contributed by atoms with van der Waals surface area (Å²) in [5, 5.41) is 8.66. The Labute approximate surface area is 113 Å². The van der Waals surface area contributed by atoms with Gasteiger partial charge < -0.3 is 0 Å². The van der Waals surface area contributed by atoms with Gasteiger partial charge in [-0.15, -0.1) is 0 Å². The van der Waals surface area contributed by atoms with Crippen LogP contribution in [0.25, 0.3) is 0 Å².